The molecule has 5 heteroatoms. The number of hydrogen-bond donors (Lipinski definition) is 2. The molecule has 0 heterocycles. The highest BCUT2D eigenvalue weighted by molar-refractivity contribution is 7.99. The predicted molar refractivity (Wildman–Crippen MR) is 86.6 cm³/mol. The number of carbonyl (C=O) groups is 1. The molecule has 1 atom stereocenters. The first-order valence-electron chi connectivity index (χ1n) is 7.16. The van der Waals surface area contributed by atoms with Gasteiger partial charge in [-0.25, -0.2) is 4.79 Å². The first kappa shape index (κ1) is 17.9. The summed E-state index contributed by atoms with van der Waals surface area (Å²) in [6.45, 7) is 5.97. The minimum Gasteiger partial charge on any atom is -0.444 e. The number of benzene rings is 1. The zero-order valence-electron chi connectivity index (χ0n) is 13.0. The van der Waals surface area contributed by atoms with Gasteiger partial charge < -0.3 is 15.2 Å². The zero-order chi connectivity index (χ0) is 15.7. The van der Waals surface area contributed by atoms with Crippen molar-refractivity contribution in [1.82, 2.24) is 5.32 Å². The van der Waals surface area contributed by atoms with E-state index in [0.717, 1.165) is 12.2 Å². The lowest BCUT2D eigenvalue weighted by atomic mass is 10.1. The van der Waals surface area contributed by atoms with E-state index in [2.05, 4.69) is 17.4 Å². The van der Waals surface area contributed by atoms with Crippen LogP contribution in [0.15, 0.2) is 35.2 Å². The largest absolute Gasteiger partial charge is 0.444 e. The molecule has 0 bridgehead atoms. The number of ether oxygens (including phenoxy) is 1. The van der Waals surface area contributed by atoms with Crippen molar-refractivity contribution < 1.29 is 14.6 Å². The van der Waals surface area contributed by atoms with Gasteiger partial charge in [0.25, 0.3) is 0 Å². The van der Waals surface area contributed by atoms with E-state index in [-0.39, 0.29) is 12.5 Å². The number of alkyl carbamates (subject to hydrolysis) is 1. The van der Waals surface area contributed by atoms with Crippen LogP contribution in [-0.2, 0) is 4.74 Å². The number of aliphatic hydroxyl groups is 1. The normalized spacial score (nSPS) is 12.8. The topological polar surface area (TPSA) is 58.6 Å². The molecule has 1 amide bonds. The molecule has 21 heavy (non-hydrogen) atoms. The van der Waals surface area contributed by atoms with Crippen LogP contribution in [0.2, 0.25) is 0 Å². The summed E-state index contributed by atoms with van der Waals surface area (Å²) < 4.78 is 5.17. The van der Waals surface area contributed by atoms with Crippen LogP contribution in [0, 0.1) is 5.92 Å². The molecule has 0 fully saturated rings. The van der Waals surface area contributed by atoms with Crippen molar-refractivity contribution in [3.05, 3.63) is 30.3 Å². The highest BCUT2D eigenvalue weighted by atomic mass is 32.2. The van der Waals surface area contributed by atoms with Crippen molar-refractivity contribution >= 4 is 17.9 Å². The lowest BCUT2D eigenvalue weighted by molar-refractivity contribution is 0.0512. The van der Waals surface area contributed by atoms with Crippen molar-refractivity contribution in [2.45, 2.75) is 37.7 Å². The van der Waals surface area contributed by atoms with Gasteiger partial charge in [-0.3, -0.25) is 0 Å². The standard InChI is InChI=1S/C16H25NO3S/c1-16(2,3)20-15(19)17-11-13(12-18)9-10-21-14-7-5-4-6-8-14/h4-8,13,18H,9-12H2,1-3H3,(H,17,19). The van der Waals surface area contributed by atoms with Gasteiger partial charge >= 0.3 is 6.09 Å². The third-order valence-corrected chi connectivity index (χ3v) is 3.78. The van der Waals surface area contributed by atoms with E-state index in [1.165, 1.54) is 4.90 Å². The second kappa shape index (κ2) is 8.95. The molecule has 0 aliphatic rings. The molecule has 4 nitrogen and oxygen atoms in total. The molecular formula is C16H25NO3S. The Kier molecular flexibility index (Phi) is 7.61. The highest BCUT2D eigenvalue weighted by Crippen LogP contribution is 2.19. The zero-order valence-corrected chi connectivity index (χ0v) is 13.8. The van der Waals surface area contributed by atoms with Crippen LogP contribution in [-0.4, -0.2) is 35.7 Å². The van der Waals surface area contributed by atoms with Crippen LogP contribution in [0.25, 0.3) is 0 Å². The Bertz CT molecular complexity index is 417. The molecule has 118 valence electrons. The van der Waals surface area contributed by atoms with Crippen LogP contribution in [0.1, 0.15) is 27.2 Å². The summed E-state index contributed by atoms with van der Waals surface area (Å²) in [5, 5.41) is 12.1. The molecule has 0 saturated carbocycles. The van der Waals surface area contributed by atoms with E-state index in [0.29, 0.717) is 6.54 Å². The van der Waals surface area contributed by atoms with E-state index in [4.69, 9.17) is 4.74 Å². The average molecular weight is 311 g/mol. The van der Waals surface area contributed by atoms with Crippen molar-refractivity contribution in [2.24, 2.45) is 5.92 Å². The maximum Gasteiger partial charge on any atom is 0.407 e. The Labute approximate surface area is 131 Å². The van der Waals surface area contributed by atoms with Gasteiger partial charge in [0.15, 0.2) is 0 Å². The molecule has 1 aromatic carbocycles. The number of amides is 1. The SMILES string of the molecule is CC(C)(C)OC(=O)NCC(CO)CCSc1ccccc1. The molecule has 0 aliphatic carbocycles. The van der Waals surface area contributed by atoms with Crippen molar-refractivity contribution in [3.8, 4) is 0 Å². The van der Waals surface area contributed by atoms with E-state index in [1.54, 1.807) is 11.8 Å². The number of rotatable bonds is 7. The van der Waals surface area contributed by atoms with Crippen LogP contribution in [0.3, 0.4) is 0 Å². The Hall–Kier alpha value is -1.20. The van der Waals surface area contributed by atoms with Gasteiger partial charge in [-0.15, -0.1) is 11.8 Å². The lowest BCUT2D eigenvalue weighted by Crippen LogP contribution is -2.36. The first-order valence-corrected chi connectivity index (χ1v) is 8.15. The van der Waals surface area contributed by atoms with Crippen molar-refractivity contribution in [3.63, 3.8) is 0 Å². The number of thioether (sulfide) groups is 1. The number of hydrogen-bond acceptors (Lipinski definition) is 4. The van der Waals surface area contributed by atoms with Crippen LogP contribution in [0.5, 0.6) is 0 Å². The van der Waals surface area contributed by atoms with Crippen LogP contribution >= 0.6 is 11.8 Å². The molecule has 0 saturated heterocycles. The fourth-order valence-corrected chi connectivity index (χ4v) is 2.70. The maximum atomic E-state index is 11.6. The van der Waals surface area contributed by atoms with Gasteiger partial charge in [-0.1, -0.05) is 18.2 Å². The van der Waals surface area contributed by atoms with Crippen molar-refractivity contribution in [1.29, 1.82) is 0 Å². The Morgan fingerprint density at radius 2 is 2.00 bits per heavy atom. The van der Waals surface area contributed by atoms with Crippen molar-refractivity contribution in [2.75, 3.05) is 18.9 Å². The highest BCUT2D eigenvalue weighted by Gasteiger charge is 2.17. The minimum atomic E-state index is -0.498. The molecule has 2 N–H and O–H groups in total. The monoisotopic (exact) mass is 311 g/mol. The predicted octanol–water partition coefficient (Wildman–Crippen LogP) is 3.30. The van der Waals surface area contributed by atoms with Gasteiger partial charge in [-0.05, 0) is 45.1 Å². The summed E-state index contributed by atoms with van der Waals surface area (Å²) in [4.78, 5) is 12.8. The van der Waals surface area contributed by atoms with Crippen LogP contribution < -0.4 is 5.32 Å². The van der Waals surface area contributed by atoms with Gasteiger partial charge in [-0.2, -0.15) is 0 Å². The van der Waals surface area contributed by atoms with E-state index >= 15 is 0 Å². The average Bonchev–Trinajstić information content (AvgIpc) is 2.42. The summed E-state index contributed by atoms with van der Waals surface area (Å²) in [5.74, 6) is 0.958. The first-order chi connectivity index (χ1) is 9.90. The Balaban J connectivity index is 2.24. The molecule has 1 rings (SSSR count). The minimum absolute atomic E-state index is 0.0498. The molecule has 0 spiro atoms. The fourth-order valence-electron chi connectivity index (χ4n) is 1.66. The van der Waals surface area contributed by atoms with Gasteiger partial charge in [0, 0.05) is 24.0 Å². The maximum absolute atomic E-state index is 11.6. The lowest BCUT2D eigenvalue weighted by Gasteiger charge is -2.21. The smallest absolute Gasteiger partial charge is 0.407 e. The molecule has 0 radical (unpaired) electrons. The second-order valence-electron chi connectivity index (χ2n) is 5.88. The van der Waals surface area contributed by atoms with Crippen LogP contribution in [0.4, 0.5) is 4.79 Å². The summed E-state index contributed by atoms with van der Waals surface area (Å²) in [6.07, 6.45) is 0.405. The van der Waals surface area contributed by atoms with Gasteiger partial charge in [0.1, 0.15) is 5.60 Å². The van der Waals surface area contributed by atoms with E-state index < -0.39 is 11.7 Å². The van der Waals surface area contributed by atoms with E-state index in [1.807, 2.05) is 39.0 Å². The third-order valence-electron chi connectivity index (χ3n) is 2.73. The molecule has 1 unspecified atom stereocenters. The summed E-state index contributed by atoms with van der Waals surface area (Å²) >= 11 is 1.75. The fraction of sp³-hybridized carbons (Fsp3) is 0.562. The van der Waals surface area contributed by atoms with E-state index in [9.17, 15) is 9.90 Å². The third kappa shape index (κ3) is 8.63. The number of aliphatic hydroxyl groups excluding tert-OH is 1. The quantitative estimate of drug-likeness (QED) is 0.759. The molecular weight excluding hydrogens is 286 g/mol. The molecule has 0 aromatic heterocycles. The number of nitrogens with one attached hydrogen (secondary N) is 1. The summed E-state index contributed by atoms with van der Waals surface area (Å²) in [6, 6.07) is 10.1. The Morgan fingerprint density at radius 1 is 1.33 bits per heavy atom. The summed E-state index contributed by atoms with van der Waals surface area (Å²) in [5.41, 5.74) is -0.498. The molecule has 1 aromatic rings. The summed E-state index contributed by atoms with van der Waals surface area (Å²) in [7, 11) is 0. The Morgan fingerprint density at radius 3 is 2.57 bits per heavy atom. The van der Waals surface area contributed by atoms with Gasteiger partial charge in [0.05, 0.1) is 0 Å². The van der Waals surface area contributed by atoms with Gasteiger partial charge in [0.2, 0.25) is 0 Å². The molecule has 0 aliphatic heterocycles. The second-order valence-corrected chi connectivity index (χ2v) is 7.05. The number of carbonyl (C=O) groups excluding carboxylic acids is 1.